The fraction of sp³-hybridized carbons (Fsp3) is 0.556. The van der Waals surface area contributed by atoms with Gasteiger partial charge in [0.1, 0.15) is 0 Å². The first-order valence-corrected chi connectivity index (χ1v) is 16.2. The summed E-state index contributed by atoms with van der Waals surface area (Å²) in [4.78, 5) is 0. The first kappa shape index (κ1) is 29.2. The third-order valence-corrected chi connectivity index (χ3v) is 9.66. The second-order valence-corrected chi connectivity index (χ2v) is 13.8. The summed E-state index contributed by atoms with van der Waals surface area (Å²) in [5.41, 5.74) is 11.5. The lowest BCUT2D eigenvalue weighted by molar-refractivity contribution is 0.346. The molecule has 0 aliphatic heterocycles. The summed E-state index contributed by atoms with van der Waals surface area (Å²) in [6, 6.07) is 16.3. The van der Waals surface area contributed by atoms with Crippen molar-refractivity contribution in [1.29, 1.82) is 0 Å². The SMILES string of the molecule is C=C(CCCCCCC)CC1C(c2ccc(CSC(C)(C)F)cc2)=C(C2CCCCC2)c2ccc(C)cc21. The Bertz CT molecular complexity index is 1100. The molecule has 206 valence electrons. The Kier molecular flexibility index (Phi) is 10.4. The molecule has 0 saturated heterocycles. The van der Waals surface area contributed by atoms with Crippen LogP contribution in [0.5, 0.6) is 0 Å². The number of fused-ring (bicyclic) bond motifs is 1. The van der Waals surface area contributed by atoms with E-state index in [1.807, 2.05) is 0 Å². The number of thioether (sulfide) groups is 1. The van der Waals surface area contributed by atoms with E-state index in [2.05, 4.69) is 62.9 Å². The molecule has 0 bridgehead atoms. The smallest absolute Gasteiger partial charge is 0.151 e. The van der Waals surface area contributed by atoms with Crippen molar-refractivity contribution in [3.63, 3.8) is 0 Å². The minimum atomic E-state index is -1.21. The third kappa shape index (κ3) is 7.65. The maximum Gasteiger partial charge on any atom is 0.151 e. The van der Waals surface area contributed by atoms with Gasteiger partial charge >= 0.3 is 0 Å². The Balaban J connectivity index is 1.66. The number of alkyl halides is 1. The number of aryl methyl sites for hydroxylation is 1. The van der Waals surface area contributed by atoms with Crippen LogP contribution in [0.1, 0.15) is 132 Å². The zero-order valence-corrected chi connectivity index (χ0v) is 25.2. The van der Waals surface area contributed by atoms with Gasteiger partial charge in [0, 0.05) is 11.7 Å². The van der Waals surface area contributed by atoms with Gasteiger partial charge < -0.3 is 0 Å². The van der Waals surface area contributed by atoms with Gasteiger partial charge in [0.15, 0.2) is 5.00 Å². The molecule has 0 heterocycles. The van der Waals surface area contributed by atoms with Gasteiger partial charge in [-0.2, -0.15) is 0 Å². The first-order chi connectivity index (χ1) is 18.3. The average Bonchev–Trinajstić information content (AvgIpc) is 3.20. The van der Waals surface area contributed by atoms with Gasteiger partial charge in [-0.25, -0.2) is 4.39 Å². The van der Waals surface area contributed by atoms with E-state index in [4.69, 9.17) is 0 Å². The van der Waals surface area contributed by atoms with Crippen molar-refractivity contribution < 1.29 is 4.39 Å². The molecular weight excluding hydrogens is 483 g/mol. The molecule has 2 aromatic carbocycles. The van der Waals surface area contributed by atoms with E-state index in [1.54, 1.807) is 25.0 Å². The molecular formula is C36H49FS. The highest BCUT2D eigenvalue weighted by atomic mass is 32.2. The Labute approximate surface area is 236 Å². The van der Waals surface area contributed by atoms with Gasteiger partial charge in [-0.15, -0.1) is 11.8 Å². The van der Waals surface area contributed by atoms with Gasteiger partial charge in [-0.1, -0.05) is 112 Å². The van der Waals surface area contributed by atoms with Crippen LogP contribution in [0.15, 0.2) is 54.6 Å². The highest BCUT2D eigenvalue weighted by molar-refractivity contribution is 7.99. The molecule has 0 aromatic heterocycles. The van der Waals surface area contributed by atoms with E-state index in [-0.39, 0.29) is 0 Å². The minimum absolute atomic E-state index is 0.384. The fourth-order valence-electron chi connectivity index (χ4n) is 6.51. The maximum absolute atomic E-state index is 14.1. The minimum Gasteiger partial charge on any atom is -0.233 e. The number of hydrogen-bond donors (Lipinski definition) is 0. The van der Waals surface area contributed by atoms with Crippen LogP contribution in [0.3, 0.4) is 0 Å². The third-order valence-electron chi connectivity index (χ3n) is 8.50. The predicted molar refractivity (Wildman–Crippen MR) is 167 cm³/mol. The van der Waals surface area contributed by atoms with Crippen molar-refractivity contribution >= 4 is 22.9 Å². The summed E-state index contributed by atoms with van der Waals surface area (Å²) in [5.74, 6) is 1.74. The average molecular weight is 533 g/mol. The molecule has 2 aromatic rings. The number of halogens is 1. The van der Waals surface area contributed by atoms with Gasteiger partial charge in [0.2, 0.25) is 0 Å². The zero-order chi connectivity index (χ0) is 27.1. The Morgan fingerprint density at radius 1 is 0.947 bits per heavy atom. The Morgan fingerprint density at radius 3 is 2.34 bits per heavy atom. The van der Waals surface area contributed by atoms with Crippen LogP contribution >= 0.6 is 11.8 Å². The molecule has 1 unspecified atom stereocenters. The monoisotopic (exact) mass is 532 g/mol. The highest BCUT2D eigenvalue weighted by Crippen LogP contribution is 2.54. The molecule has 0 radical (unpaired) electrons. The van der Waals surface area contributed by atoms with E-state index in [9.17, 15) is 4.39 Å². The second-order valence-electron chi connectivity index (χ2n) is 12.3. The molecule has 2 aliphatic rings. The molecule has 0 nitrogen and oxygen atoms in total. The van der Waals surface area contributed by atoms with Crippen molar-refractivity contribution in [3.05, 3.63) is 82.4 Å². The lowest BCUT2D eigenvalue weighted by Crippen LogP contribution is -2.09. The number of hydrogen-bond acceptors (Lipinski definition) is 1. The standard InChI is InChI=1S/C36H49FS/c1-6-7-8-9-11-14-26(2)24-33-32-23-27(3)17-22-31(32)34(29-15-12-10-13-16-29)35(33)30-20-18-28(19-21-30)25-38-36(4,5)37/h17-23,29,33H,2,6-16,24-25H2,1,3-5H3. The van der Waals surface area contributed by atoms with Crippen molar-refractivity contribution in [3.8, 4) is 0 Å². The quantitative estimate of drug-likeness (QED) is 0.183. The molecule has 2 heteroatoms. The largest absolute Gasteiger partial charge is 0.233 e. The molecule has 1 fully saturated rings. The number of rotatable bonds is 13. The normalized spacial score (nSPS) is 18.2. The van der Waals surface area contributed by atoms with Crippen LogP contribution in [0, 0.1) is 12.8 Å². The van der Waals surface area contributed by atoms with E-state index < -0.39 is 5.00 Å². The Hall–Kier alpha value is -1.80. The second kappa shape index (κ2) is 13.5. The summed E-state index contributed by atoms with van der Waals surface area (Å²) in [6.45, 7) is 12.4. The van der Waals surface area contributed by atoms with Crippen molar-refractivity contribution in [2.24, 2.45) is 5.92 Å². The molecule has 2 aliphatic carbocycles. The van der Waals surface area contributed by atoms with Crippen LogP contribution in [-0.4, -0.2) is 5.00 Å². The lowest BCUT2D eigenvalue weighted by atomic mass is 9.78. The number of unbranched alkanes of at least 4 members (excludes halogenated alkanes) is 4. The van der Waals surface area contributed by atoms with Crippen LogP contribution in [-0.2, 0) is 5.75 Å². The number of allylic oxidation sites excluding steroid dienone is 3. The number of benzene rings is 2. The van der Waals surface area contributed by atoms with Gasteiger partial charge in [-0.3, -0.25) is 0 Å². The van der Waals surface area contributed by atoms with Crippen molar-refractivity contribution in [2.75, 3.05) is 0 Å². The molecule has 4 rings (SSSR count). The summed E-state index contributed by atoms with van der Waals surface area (Å²) in [7, 11) is 0. The highest BCUT2D eigenvalue weighted by Gasteiger charge is 2.36. The molecule has 0 spiro atoms. The van der Waals surface area contributed by atoms with Crippen molar-refractivity contribution in [1.82, 2.24) is 0 Å². The molecule has 0 amide bonds. The summed E-state index contributed by atoms with van der Waals surface area (Å²) in [6.07, 6.45) is 15.4. The predicted octanol–water partition coefficient (Wildman–Crippen LogP) is 11.8. The summed E-state index contributed by atoms with van der Waals surface area (Å²) in [5, 5.41) is -1.21. The van der Waals surface area contributed by atoms with Crippen molar-refractivity contribution in [2.45, 2.75) is 121 Å². The van der Waals surface area contributed by atoms with E-state index in [1.165, 1.54) is 109 Å². The molecule has 1 saturated carbocycles. The zero-order valence-electron chi connectivity index (χ0n) is 24.4. The van der Waals surface area contributed by atoms with Crippen LogP contribution in [0.25, 0.3) is 11.1 Å². The van der Waals surface area contributed by atoms with Gasteiger partial charge in [0.05, 0.1) is 0 Å². The summed E-state index contributed by atoms with van der Waals surface area (Å²) < 4.78 is 14.1. The first-order valence-electron chi connectivity index (χ1n) is 15.2. The molecule has 1 atom stereocenters. The van der Waals surface area contributed by atoms with E-state index >= 15 is 0 Å². The maximum atomic E-state index is 14.1. The van der Waals surface area contributed by atoms with E-state index in [0.29, 0.717) is 17.6 Å². The van der Waals surface area contributed by atoms with Crippen LogP contribution in [0.2, 0.25) is 0 Å². The Morgan fingerprint density at radius 2 is 1.66 bits per heavy atom. The fourth-order valence-corrected chi connectivity index (χ4v) is 7.21. The van der Waals surface area contributed by atoms with Crippen LogP contribution in [0.4, 0.5) is 4.39 Å². The lowest BCUT2D eigenvalue weighted by Gasteiger charge is -2.26. The summed E-state index contributed by atoms with van der Waals surface area (Å²) >= 11 is 1.37. The van der Waals surface area contributed by atoms with Crippen LogP contribution < -0.4 is 0 Å². The van der Waals surface area contributed by atoms with Gasteiger partial charge in [0.25, 0.3) is 0 Å². The van der Waals surface area contributed by atoms with Gasteiger partial charge in [-0.05, 0) is 92.2 Å². The van der Waals surface area contributed by atoms with E-state index in [0.717, 1.165) is 12.8 Å². The topological polar surface area (TPSA) is 0 Å². The molecule has 0 N–H and O–H groups in total. The molecule has 38 heavy (non-hydrogen) atoms.